The molecule has 0 aromatic rings. The van der Waals surface area contributed by atoms with E-state index in [0.29, 0.717) is 19.3 Å². The molecule has 0 aliphatic carbocycles. The molecule has 4 nitrogen and oxygen atoms in total. The van der Waals surface area contributed by atoms with E-state index >= 15 is 0 Å². The van der Waals surface area contributed by atoms with Crippen LogP contribution in [0.1, 0.15) is 32.6 Å². The molecule has 0 saturated carbocycles. The van der Waals surface area contributed by atoms with Gasteiger partial charge in [0.25, 0.3) is 0 Å². The van der Waals surface area contributed by atoms with E-state index < -0.39 is 20.9 Å². The van der Waals surface area contributed by atoms with Crippen molar-refractivity contribution in [3.05, 3.63) is 0 Å². The van der Waals surface area contributed by atoms with Crippen LogP contribution < -0.4 is 0 Å². The van der Waals surface area contributed by atoms with Crippen molar-refractivity contribution >= 4 is 20.9 Å². The van der Waals surface area contributed by atoms with Crippen molar-refractivity contribution < 1.29 is 17.2 Å². The number of hydrogen-bond donors (Lipinski definition) is 1. The van der Waals surface area contributed by atoms with E-state index in [1.807, 2.05) is 6.92 Å². The summed E-state index contributed by atoms with van der Waals surface area (Å²) in [7, 11) is -2.92. The van der Waals surface area contributed by atoms with Gasteiger partial charge in [-0.25, -0.2) is 12.6 Å². The lowest BCUT2D eigenvalue weighted by atomic mass is 10.4. The number of sulfone groups is 1. The highest BCUT2D eigenvalue weighted by Gasteiger charge is 2.09. The molecule has 0 spiro atoms. The predicted octanol–water partition coefficient (Wildman–Crippen LogP) is 1.20. The van der Waals surface area contributed by atoms with Crippen LogP contribution in [0.15, 0.2) is 0 Å². The molecular weight excluding hydrogens is 224 g/mol. The van der Waals surface area contributed by atoms with Gasteiger partial charge in [0.05, 0.1) is 11.5 Å². The van der Waals surface area contributed by atoms with Crippen LogP contribution in [0.2, 0.25) is 0 Å². The average Bonchev–Trinajstić information content (AvgIpc) is 2.09. The maximum Gasteiger partial charge on any atom is 0.152 e. The van der Waals surface area contributed by atoms with Crippen LogP contribution in [-0.2, 0) is 20.9 Å². The van der Waals surface area contributed by atoms with Gasteiger partial charge >= 0.3 is 0 Å². The largest absolute Gasteiger partial charge is 0.306 e. The zero-order valence-electron chi connectivity index (χ0n) is 8.44. The molecule has 14 heavy (non-hydrogen) atoms. The van der Waals surface area contributed by atoms with E-state index in [9.17, 15) is 12.6 Å². The maximum atomic E-state index is 11.3. The van der Waals surface area contributed by atoms with Crippen molar-refractivity contribution in [2.75, 3.05) is 17.3 Å². The Labute approximate surface area is 88.3 Å². The minimum Gasteiger partial charge on any atom is -0.306 e. The van der Waals surface area contributed by atoms with Crippen molar-refractivity contribution in [3.8, 4) is 0 Å². The number of rotatable bonds is 8. The van der Waals surface area contributed by atoms with Gasteiger partial charge in [0, 0.05) is 5.75 Å². The summed E-state index contributed by atoms with van der Waals surface area (Å²) in [6.07, 6.45) is 2.56. The average molecular weight is 242 g/mol. The molecule has 0 rings (SSSR count). The van der Waals surface area contributed by atoms with E-state index in [2.05, 4.69) is 0 Å². The van der Waals surface area contributed by atoms with Gasteiger partial charge in [0.2, 0.25) is 0 Å². The Bertz CT molecular complexity index is 259. The van der Waals surface area contributed by atoms with Gasteiger partial charge in [0.1, 0.15) is 9.84 Å². The summed E-state index contributed by atoms with van der Waals surface area (Å²) in [5.74, 6) is 0.555. The minimum absolute atomic E-state index is 0.143. The zero-order valence-corrected chi connectivity index (χ0v) is 10.1. The van der Waals surface area contributed by atoms with Crippen molar-refractivity contribution in [1.29, 1.82) is 0 Å². The van der Waals surface area contributed by atoms with Crippen LogP contribution in [0.5, 0.6) is 0 Å². The van der Waals surface area contributed by atoms with Gasteiger partial charge in [-0.05, 0) is 19.3 Å². The van der Waals surface area contributed by atoms with Gasteiger partial charge < -0.3 is 4.55 Å². The van der Waals surface area contributed by atoms with Crippen LogP contribution in [0, 0.1) is 0 Å². The second-order valence-corrected chi connectivity index (χ2v) is 6.59. The Hall–Kier alpha value is 0.0600. The SMILES string of the molecule is CCCCS(=O)(=O)CCCCS(=O)O. The Kier molecular flexibility index (Phi) is 7.40. The molecule has 0 fully saturated rings. The van der Waals surface area contributed by atoms with Crippen LogP contribution in [0.4, 0.5) is 0 Å². The molecule has 6 heteroatoms. The molecule has 0 heterocycles. The van der Waals surface area contributed by atoms with Gasteiger partial charge in [-0.2, -0.15) is 0 Å². The van der Waals surface area contributed by atoms with Crippen molar-refractivity contribution in [2.24, 2.45) is 0 Å². The van der Waals surface area contributed by atoms with E-state index in [1.54, 1.807) is 0 Å². The second-order valence-electron chi connectivity index (χ2n) is 3.24. The van der Waals surface area contributed by atoms with E-state index in [4.69, 9.17) is 4.55 Å². The third-order valence-corrected chi connectivity index (χ3v) is 4.29. The van der Waals surface area contributed by atoms with E-state index in [-0.39, 0.29) is 17.3 Å². The fourth-order valence-electron chi connectivity index (χ4n) is 1.01. The van der Waals surface area contributed by atoms with Crippen LogP contribution >= 0.6 is 0 Å². The highest BCUT2D eigenvalue weighted by atomic mass is 32.2. The molecule has 86 valence electrons. The van der Waals surface area contributed by atoms with Crippen LogP contribution in [0.3, 0.4) is 0 Å². The smallest absolute Gasteiger partial charge is 0.152 e. The van der Waals surface area contributed by atoms with Gasteiger partial charge in [0.15, 0.2) is 11.1 Å². The van der Waals surface area contributed by atoms with Gasteiger partial charge in [-0.3, -0.25) is 0 Å². The van der Waals surface area contributed by atoms with Crippen LogP contribution in [-0.4, -0.2) is 34.4 Å². The molecule has 0 bridgehead atoms. The molecule has 0 saturated heterocycles. The summed E-state index contributed by atoms with van der Waals surface area (Å²) >= 11 is -1.79. The monoisotopic (exact) mass is 242 g/mol. The first kappa shape index (κ1) is 14.1. The quantitative estimate of drug-likeness (QED) is 0.513. The van der Waals surface area contributed by atoms with Crippen molar-refractivity contribution in [1.82, 2.24) is 0 Å². The molecule has 0 radical (unpaired) electrons. The number of unbranched alkanes of at least 4 members (excludes halogenated alkanes) is 2. The zero-order chi connectivity index (χ0) is 11.0. The first-order chi connectivity index (χ1) is 6.48. The fourth-order valence-corrected chi connectivity index (χ4v) is 3.04. The molecule has 0 amide bonds. The van der Waals surface area contributed by atoms with E-state index in [0.717, 1.165) is 6.42 Å². The third-order valence-electron chi connectivity index (χ3n) is 1.83. The lowest BCUT2D eigenvalue weighted by Crippen LogP contribution is -2.11. The fraction of sp³-hybridized carbons (Fsp3) is 1.00. The third kappa shape index (κ3) is 8.65. The summed E-state index contributed by atoms with van der Waals surface area (Å²) in [5, 5.41) is 0. The highest BCUT2D eigenvalue weighted by Crippen LogP contribution is 2.01. The topological polar surface area (TPSA) is 71.4 Å². The molecule has 0 aromatic carbocycles. The van der Waals surface area contributed by atoms with Gasteiger partial charge in [-0.1, -0.05) is 13.3 Å². The first-order valence-corrected chi connectivity index (χ1v) is 7.85. The summed E-state index contributed by atoms with van der Waals surface area (Å²) in [5.41, 5.74) is 0. The standard InChI is InChI=1S/C8H18O4S2/c1-2-3-7-14(11,12)8-5-4-6-13(9)10/h2-8H2,1H3,(H,9,10). The lowest BCUT2D eigenvalue weighted by molar-refractivity contribution is 0.559. The Morgan fingerprint density at radius 1 is 1.14 bits per heavy atom. The maximum absolute atomic E-state index is 11.3. The molecule has 0 aromatic heterocycles. The normalized spacial score (nSPS) is 14.1. The first-order valence-electron chi connectivity index (χ1n) is 4.76. The summed E-state index contributed by atoms with van der Waals surface area (Å²) in [4.78, 5) is 0. The van der Waals surface area contributed by atoms with Crippen molar-refractivity contribution in [2.45, 2.75) is 32.6 Å². The Morgan fingerprint density at radius 2 is 1.71 bits per heavy atom. The summed E-state index contributed by atoms with van der Waals surface area (Å²) < 4.78 is 41.3. The van der Waals surface area contributed by atoms with Gasteiger partial charge in [-0.15, -0.1) is 0 Å². The summed E-state index contributed by atoms with van der Waals surface area (Å²) in [6, 6.07) is 0. The molecule has 1 N–H and O–H groups in total. The summed E-state index contributed by atoms with van der Waals surface area (Å²) in [6.45, 7) is 1.95. The van der Waals surface area contributed by atoms with Crippen molar-refractivity contribution in [3.63, 3.8) is 0 Å². The van der Waals surface area contributed by atoms with Crippen LogP contribution in [0.25, 0.3) is 0 Å². The molecular formula is C8H18O4S2. The Balaban J connectivity index is 3.61. The second kappa shape index (κ2) is 7.36. The predicted molar refractivity (Wildman–Crippen MR) is 58.4 cm³/mol. The molecule has 1 atom stereocenters. The minimum atomic E-state index is -2.92. The number of hydrogen-bond acceptors (Lipinski definition) is 3. The van der Waals surface area contributed by atoms with E-state index in [1.165, 1.54) is 0 Å². The Morgan fingerprint density at radius 3 is 2.21 bits per heavy atom. The molecule has 1 unspecified atom stereocenters. The molecule has 0 aliphatic heterocycles. The lowest BCUT2D eigenvalue weighted by Gasteiger charge is -2.02. The highest BCUT2D eigenvalue weighted by molar-refractivity contribution is 7.91. The molecule has 0 aliphatic rings.